The average molecular weight is 390 g/mol. The van der Waals surface area contributed by atoms with Crippen LogP contribution >= 0.6 is 0 Å². The molecule has 2 heterocycles. The molecule has 3 aromatic rings. The van der Waals surface area contributed by atoms with Crippen LogP contribution in [0.4, 0.5) is 5.69 Å². The van der Waals surface area contributed by atoms with Gasteiger partial charge in [-0.2, -0.15) is 0 Å². The Morgan fingerprint density at radius 2 is 1.62 bits per heavy atom. The van der Waals surface area contributed by atoms with E-state index in [0.717, 1.165) is 10.7 Å². The zero-order valence-electron chi connectivity index (χ0n) is 15.5. The van der Waals surface area contributed by atoms with Crippen LogP contribution in [0.1, 0.15) is 36.8 Å². The summed E-state index contributed by atoms with van der Waals surface area (Å²) in [4.78, 5) is 38.3. The molecule has 0 fully saturated rings. The van der Waals surface area contributed by atoms with Crippen LogP contribution in [0.15, 0.2) is 71.3 Å². The summed E-state index contributed by atoms with van der Waals surface area (Å²) in [5.74, 6) is -0.549. The number of anilines is 1. The Morgan fingerprint density at radius 3 is 2.31 bits per heavy atom. The molecule has 1 N–H and O–H groups in total. The van der Waals surface area contributed by atoms with E-state index in [1.807, 2.05) is 6.07 Å². The maximum atomic E-state index is 12.5. The molecule has 0 spiro atoms. The van der Waals surface area contributed by atoms with Gasteiger partial charge in [-0.1, -0.05) is 24.3 Å². The van der Waals surface area contributed by atoms with Crippen molar-refractivity contribution in [2.45, 2.75) is 6.54 Å². The van der Waals surface area contributed by atoms with Gasteiger partial charge < -0.3 is 14.5 Å². The van der Waals surface area contributed by atoms with Crippen molar-refractivity contribution in [2.24, 2.45) is 0 Å². The van der Waals surface area contributed by atoms with E-state index in [1.54, 1.807) is 60.9 Å². The van der Waals surface area contributed by atoms with E-state index >= 15 is 0 Å². The van der Waals surface area contributed by atoms with Gasteiger partial charge in [0.05, 0.1) is 36.0 Å². The first-order valence-corrected chi connectivity index (χ1v) is 9.13. The number of amides is 2. The number of carbonyl (C=O) groups is 3. The second-order valence-electron chi connectivity index (χ2n) is 6.42. The van der Waals surface area contributed by atoms with Gasteiger partial charge in [0.2, 0.25) is 0 Å². The Labute approximate surface area is 166 Å². The molecule has 0 atom stereocenters. The molecule has 0 unspecified atom stereocenters. The number of hydrogen-bond donors (Lipinski definition) is 1. The van der Waals surface area contributed by atoms with Crippen molar-refractivity contribution in [3.8, 4) is 0 Å². The van der Waals surface area contributed by atoms with Crippen molar-refractivity contribution in [1.29, 1.82) is 0 Å². The lowest BCUT2D eigenvalue weighted by atomic mass is 10.1. The molecule has 1 aliphatic heterocycles. The minimum atomic E-state index is -0.538. The summed E-state index contributed by atoms with van der Waals surface area (Å²) >= 11 is 0. The zero-order valence-corrected chi connectivity index (χ0v) is 15.5. The summed E-state index contributed by atoms with van der Waals surface area (Å²) in [6.45, 7) is 0.337. The Kier molecular flexibility index (Phi) is 5.11. The Balaban J connectivity index is 1.36. The van der Waals surface area contributed by atoms with Gasteiger partial charge in [0.15, 0.2) is 0 Å². The fraction of sp³-hybridized carbons (Fsp3) is 0.136. The molecule has 2 aromatic carbocycles. The molecule has 0 radical (unpaired) electrons. The number of imide groups is 1. The van der Waals surface area contributed by atoms with Gasteiger partial charge in [0.25, 0.3) is 11.8 Å². The third kappa shape index (κ3) is 3.75. The van der Waals surface area contributed by atoms with Crippen LogP contribution in [0.3, 0.4) is 0 Å². The summed E-state index contributed by atoms with van der Waals surface area (Å²) in [5, 5.41) is 3.14. The standard InChI is InChI=1S/C22H18N2O5/c25-20-16-7-1-2-8-17(16)21(26)24(20)11-13-29-22(27)18-9-3-4-10-19(18)23-14-15-6-5-12-28-15/h1-10,12,23H,11,13-14H2. The SMILES string of the molecule is O=C(OCCN1C(=O)c2ccccc2C1=O)c1ccccc1NCc1ccco1. The van der Waals surface area contributed by atoms with Crippen LogP contribution < -0.4 is 5.32 Å². The molecule has 146 valence electrons. The number of ether oxygens (including phenoxy) is 1. The average Bonchev–Trinajstić information content (AvgIpc) is 3.35. The molecule has 1 aliphatic rings. The molecule has 29 heavy (non-hydrogen) atoms. The number of nitrogens with zero attached hydrogens (tertiary/aromatic N) is 1. The van der Waals surface area contributed by atoms with Crippen LogP contribution in [0.5, 0.6) is 0 Å². The maximum Gasteiger partial charge on any atom is 0.340 e. The van der Waals surface area contributed by atoms with Gasteiger partial charge in [0, 0.05) is 5.69 Å². The highest BCUT2D eigenvalue weighted by atomic mass is 16.5. The van der Waals surface area contributed by atoms with Gasteiger partial charge in [-0.25, -0.2) is 4.79 Å². The summed E-state index contributed by atoms with van der Waals surface area (Å²) in [6, 6.07) is 17.2. The molecule has 2 amide bonds. The number of para-hydroxylation sites is 1. The van der Waals surface area contributed by atoms with Gasteiger partial charge in [0.1, 0.15) is 12.4 Å². The minimum Gasteiger partial charge on any atom is -0.467 e. The van der Waals surface area contributed by atoms with Crippen molar-refractivity contribution < 1.29 is 23.5 Å². The van der Waals surface area contributed by atoms with Gasteiger partial charge in [-0.05, 0) is 36.4 Å². The van der Waals surface area contributed by atoms with E-state index < -0.39 is 5.97 Å². The summed E-state index contributed by atoms with van der Waals surface area (Å²) in [6.07, 6.45) is 1.58. The van der Waals surface area contributed by atoms with Crippen LogP contribution in [0.2, 0.25) is 0 Å². The van der Waals surface area contributed by atoms with Crippen molar-refractivity contribution in [1.82, 2.24) is 4.90 Å². The molecular formula is C22H18N2O5. The molecule has 7 nitrogen and oxygen atoms in total. The largest absolute Gasteiger partial charge is 0.467 e. The topological polar surface area (TPSA) is 88.8 Å². The van der Waals surface area contributed by atoms with Crippen molar-refractivity contribution in [2.75, 3.05) is 18.5 Å². The smallest absolute Gasteiger partial charge is 0.340 e. The second-order valence-corrected chi connectivity index (χ2v) is 6.42. The highest BCUT2D eigenvalue weighted by Gasteiger charge is 2.34. The summed E-state index contributed by atoms with van der Waals surface area (Å²) < 4.78 is 10.6. The first kappa shape index (κ1) is 18.5. The van der Waals surface area contributed by atoms with E-state index in [4.69, 9.17) is 9.15 Å². The number of rotatable bonds is 7. The number of carbonyl (C=O) groups excluding carboxylic acids is 3. The van der Waals surface area contributed by atoms with Crippen molar-refractivity contribution >= 4 is 23.5 Å². The van der Waals surface area contributed by atoms with Gasteiger partial charge in [-0.15, -0.1) is 0 Å². The van der Waals surface area contributed by atoms with Crippen LogP contribution in [0, 0.1) is 0 Å². The Hall–Kier alpha value is -3.87. The number of furan rings is 1. The van der Waals surface area contributed by atoms with Crippen LogP contribution in [-0.4, -0.2) is 35.8 Å². The quantitative estimate of drug-likeness (QED) is 0.492. The van der Waals surface area contributed by atoms with Crippen LogP contribution in [-0.2, 0) is 11.3 Å². The van der Waals surface area contributed by atoms with E-state index in [1.165, 1.54) is 0 Å². The van der Waals surface area contributed by atoms with Crippen molar-refractivity contribution in [3.05, 3.63) is 89.4 Å². The zero-order chi connectivity index (χ0) is 20.2. The lowest BCUT2D eigenvalue weighted by Gasteiger charge is -2.15. The Morgan fingerprint density at radius 1 is 0.931 bits per heavy atom. The third-order valence-electron chi connectivity index (χ3n) is 4.61. The molecule has 1 aromatic heterocycles. The number of fused-ring (bicyclic) bond motifs is 1. The first-order valence-electron chi connectivity index (χ1n) is 9.13. The predicted octanol–water partition coefficient (Wildman–Crippen LogP) is 3.34. The fourth-order valence-corrected chi connectivity index (χ4v) is 3.16. The molecule has 0 aliphatic carbocycles. The van der Waals surface area contributed by atoms with Gasteiger partial charge >= 0.3 is 5.97 Å². The third-order valence-corrected chi connectivity index (χ3v) is 4.61. The Bertz CT molecular complexity index is 1020. The monoisotopic (exact) mass is 390 g/mol. The molecule has 0 saturated heterocycles. The maximum absolute atomic E-state index is 12.5. The van der Waals surface area contributed by atoms with E-state index in [-0.39, 0.29) is 25.0 Å². The number of hydrogen-bond acceptors (Lipinski definition) is 6. The van der Waals surface area contributed by atoms with Crippen LogP contribution in [0.25, 0.3) is 0 Å². The summed E-state index contributed by atoms with van der Waals surface area (Å²) in [5.41, 5.74) is 1.71. The second kappa shape index (κ2) is 8.02. The molecule has 7 heteroatoms. The molecule has 4 rings (SSSR count). The predicted molar refractivity (Wildman–Crippen MR) is 105 cm³/mol. The molecular weight excluding hydrogens is 372 g/mol. The van der Waals surface area contributed by atoms with E-state index in [9.17, 15) is 14.4 Å². The van der Waals surface area contributed by atoms with Crippen molar-refractivity contribution in [3.63, 3.8) is 0 Å². The number of nitrogens with one attached hydrogen (secondary N) is 1. The lowest BCUT2D eigenvalue weighted by Crippen LogP contribution is -2.33. The highest BCUT2D eigenvalue weighted by Crippen LogP contribution is 2.22. The lowest BCUT2D eigenvalue weighted by molar-refractivity contribution is 0.0421. The van der Waals surface area contributed by atoms with E-state index in [2.05, 4.69) is 5.32 Å². The summed E-state index contributed by atoms with van der Waals surface area (Å²) in [7, 11) is 0. The fourth-order valence-electron chi connectivity index (χ4n) is 3.16. The minimum absolute atomic E-state index is 0.0000769. The first-order chi connectivity index (χ1) is 14.1. The van der Waals surface area contributed by atoms with E-state index in [0.29, 0.717) is 28.9 Å². The normalized spacial score (nSPS) is 12.8. The molecule has 0 bridgehead atoms. The number of esters is 1. The number of benzene rings is 2. The van der Waals surface area contributed by atoms with Gasteiger partial charge in [-0.3, -0.25) is 14.5 Å². The molecule has 0 saturated carbocycles. The highest BCUT2D eigenvalue weighted by molar-refractivity contribution is 6.21.